The molecule has 6 nitrogen and oxygen atoms in total. The number of aliphatic hydroxyl groups is 3. The van der Waals surface area contributed by atoms with Gasteiger partial charge >= 0.3 is 0 Å². The minimum Gasteiger partial charge on any atom is -0.493 e. The van der Waals surface area contributed by atoms with Gasteiger partial charge in [-0.2, -0.15) is 0 Å². The highest BCUT2D eigenvalue weighted by Crippen LogP contribution is 2.42. The molecule has 2 aromatic carbocycles. The van der Waals surface area contributed by atoms with Crippen molar-refractivity contribution in [2.24, 2.45) is 0 Å². The molecule has 0 radical (unpaired) electrons. The van der Waals surface area contributed by atoms with E-state index in [4.69, 9.17) is 14.2 Å². The molecular weight excluding hydrogens is 396 g/mol. The number of fused-ring (bicyclic) bond motifs is 1. The van der Waals surface area contributed by atoms with E-state index in [0.717, 1.165) is 43.6 Å². The third kappa shape index (κ3) is 3.66. The Bertz CT molecular complexity index is 953. The van der Waals surface area contributed by atoms with Crippen molar-refractivity contribution in [2.45, 2.75) is 62.6 Å². The molecule has 3 aliphatic rings. The van der Waals surface area contributed by atoms with Crippen molar-refractivity contribution < 1.29 is 29.5 Å². The van der Waals surface area contributed by atoms with Gasteiger partial charge in [-0.25, -0.2) is 0 Å². The molecular formula is C25H30O6. The number of benzene rings is 2. The zero-order chi connectivity index (χ0) is 21.6. The lowest BCUT2D eigenvalue weighted by molar-refractivity contribution is -0.335. The minimum atomic E-state index is -1.28. The van der Waals surface area contributed by atoms with Crippen LogP contribution in [-0.2, 0) is 28.7 Å². The molecule has 2 saturated heterocycles. The van der Waals surface area contributed by atoms with Gasteiger partial charge in [0.25, 0.3) is 0 Å². The number of rotatable bonds is 4. The number of hydrogen-bond donors (Lipinski definition) is 3. The van der Waals surface area contributed by atoms with Gasteiger partial charge in [0.15, 0.2) is 0 Å². The Morgan fingerprint density at radius 1 is 1.00 bits per heavy atom. The molecule has 5 rings (SSSR count). The number of aliphatic hydroxyl groups excluding tert-OH is 3. The molecule has 2 fully saturated rings. The topological polar surface area (TPSA) is 88.4 Å². The van der Waals surface area contributed by atoms with Crippen LogP contribution in [0.25, 0.3) is 0 Å². The van der Waals surface area contributed by atoms with Crippen LogP contribution in [-0.4, -0.2) is 59.1 Å². The van der Waals surface area contributed by atoms with E-state index in [1.165, 1.54) is 22.3 Å². The summed E-state index contributed by atoms with van der Waals surface area (Å²) in [6.45, 7) is 3.34. The first-order valence-corrected chi connectivity index (χ1v) is 11.2. The van der Waals surface area contributed by atoms with Gasteiger partial charge in [0.05, 0.1) is 19.8 Å². The molecule has 3 aliphatic heterocycles. The Labute approximate surface area is 182 Å². The Kier molecular flexibility index (Phi) is 5.52. The Balaban J connectivity index is 1.44. The lowest BCUT2D eigenvalue weighted by Crippen LogP contribution is -2.69. The van der Waals surface area contributed by atoms with Crippen LogP contribution in [0.15, 0.2) is 36.4 Å². The van der Waals surface area contributed by atoms with E-state index in [9.17, 15) is 15.3 Å². The van der Waals surface area contributed by atoms with Gasteiger partial charge in [-0.15, -0.1) is 0 Å². The van der Waals surface area contributed by atoms with Gasteiger partial charge in [0.1, 0.15) is 35.8 Å². The lowest BCUT2D eigenvalue weighted by Gasteiger charge is -2.53. The van der Waals surface area contributed by atoms with Crippen LogP contribution in [0, 0.1) is 0 Å². The first-order valence-electron chi connectivity index (χ1n) is 11.2. The van der Waals surface area contributed by atoms with Crippen LogP contribution in [0.4, 0.5) is 0 Å². The molecule has 0 saturated carbocycles. The predicted octanol–water partition coefficient (Wildman–Crippen LogP) is 2.09. The summed E-state index contributed by atoms with van der Waals surface area (Å²) in [6.07, 6.45) is -0.619. The van der Waals surface area contributed by atoms with Crippen molar-refractivity contribution in [2.75, 3.05) is 19.8 Å². The van der Waals surface area contributed by atoms with Crippen LogP contribution in [0.1, 0.15) is 47.3 Å². The van der Waals surface area contributed by atoms with Crippen LogP contribution >= 0.6 is 0 Å². The van der Waals surface area contributed by atoms with Gasteiger partial charge in [-0.05, 0) is 59.6 Å². The molecule has 1 spiro atoms. The highest BCUT2D eigenvalue weighted by molar-refractivity contribution is 5.43. The van der Waals surface area contributed by atoms with Crippen molar-refractivity contribution in [3.05, 3.63) is 64.2 Å². The Hall–Kier alpha value is -1.96. The van der Waals surface area contributed by atoms with Gasteiger partial charge in [0, 0.05) is 0 Å². The smallest absolute Gasteiger partial charge is 0.144 e. The third-order valence-electron chi connectivity index (χ3n) is 6.88. The first-order chi connectivity index (χ1) is 15.0. The average molecular weight is 427 g/mol. The van der Waals surface area contributed by atoms with E-state index < -0.39 is 30.0 Å². The molecule has 31 heavy (non-hydrogen) atoms. The molecule has 0 unspecified atom stereocenters. The summed E-state index contributed by atoms with van der Waals surface area (Å²) in [6, 6.07) is 12.5. The summed E-state index contributed by atoms with van der Waals surface area (Å²) in [5.74, 6) is 0.985. The van der Waals surface area contributed by atoms with Crippen LogP contribution < -0.4 is 4.74 Å². The van der Waals surface area contributed by atoms with Gasteiger partial charge in [-0.1, -0.05) is 37.3 Å². The standard InChI is InChI=1S/C25H30O6/c1-2-16-6-7-18(23-21(26)22(27)24(28)25(31-23)13-29-14-25)12-19(16)11-15-5-8-20-17(10-15)4-3-9-30-20/h5-8,10,12,21-24,26-28H,2-4,9,11,13-14H2,1H3/t21-,22-,23+,24+/m1/s1. The maximum Gasteiger partial charge on any atom is 0.144 e. The van der Waals surface area contributed by atoms with E-state index in [1.54, 1.807) is 0 Å². The van der Waals surface area contributed by atoms with Gasteiger partial charge in [0.2, 0.25) is 0 Å². The predicted molar refractivity (Wildman–Crippen MR) is 114 cm³/mol. The molecule has 0 amide bonds. The number of aryl methyl sites for hydroxylation is 2. The maximum atomic E-state index is 10.7. The molecule has 6 heteroatoms. The fourth-order valence-electron chi connectivity index (χ4n) is 4.95. The van der Waals surface area contributed by atoms with Crippen LogP contribution in [0.3, 0.4) is 0 Å². The SMILES string of the molecule is CCc1ccc([C@@H]2OC3(COC3)[C@@H](O)[C@H](O)[C@H]2O)cc1Cc1ccc2c(c1)CCCO2. The second-order valence-electron chi connectivity index (χ2n) is 8.97. The summed E-state index contributed by atoms with van der Waals surface area (Å²) in [5.41, 5.74) is 4.75. The molecule has 3 N–H and O–H groups in total. The minimum absolute atomic E-state index is 0.214. The van der Waals surface area contributed by atoms with Crippen molar-refractivity contribution >= 4 is 0 Å². The zero-order valence-corrected chi connectivity index (χ0v) is 17.8. The fourth-order valence-corrected chi connectivity index (χ4v) is 4.95. The molecule has 166 valence electrons. The fraction of sp³-hybridized carbons (Fsp3) is 0.520. The number of ether oxygens (including phenoxy) is 3. The lowest BCUT2D eigenvalue weighted by atomic mass is 9.81. The third-order valence-corrected chi connectivity index (χ3v) is 6.88. The maximum absolute atomic E-state index is 10.7. The molecule has 2 aromatic rings. The molecule has 4 atom stereocenters. The first kappa shape index (κ1) is 20.9. The second-order valence-corrected chi connectivity index (χ2v) is 8.97. The summed E-state index contributed by atoms with van der Waals surface area (Å²) < 4.78 is 17.1. The summed E-state index contributed by atoms with van der Waals surface area (Å²) in [5, 5.41) is 31.5. The normalized spacial score (nSPS) is 29.2. The van der Waals surface area contributed by atoms with E-state index in [2.05, 4.69) is 37.3 Å². The van der Waals surface area contributed by atoms with Crippen molar-refractivity contribution in [3.8, 4) is 5.75 Å². The average Bonchev–Trinajstić information content (AvgIpc) is 2.76. The summed E-state index contributed by atoms with van der Waals surface area (Å²) in [4.78, 5) is 0. The summed E-state index contributed by atoms with van der Waals surface area (Å²) in [7, 11) is 0. The highest BCUT2D eigenvalue weighted by atomic mass is 16.6. The molecule has 0 aromatic heterocycles. The zero-order valence-electron chi connectivity index (χ0n) is 17.8. The van der Waals surface area contributed by atoms with E-state index in [1.807, 2.05) is 6.07 Å². The van der Waals surface area contributed by atoms with E-state index in [-0.39, 0.29) is 13.2 Å². The monoisotopic (exact) mass is 426 g/mol. The highest BCUT2D eigenvalue weighted by Gasteiger charge is 2.57. The van der Waals surface area contributed by atoms with Gasteiger partial charge < -0.3 is 29.5 Å². The Morgan fingerprint density at radius 2 is 1.84 bits per heavy atom. The number of hydrogen-bond acceptors (Lipinski definition) is 6. The van der Waals surface area contributed by atoms with Crippen LogP contribution in [0.5, 0.6) is 5.75 Å². The Morgan fingerprint density at radius 3 is 2.58 bits per heavy atom. The largest absolute Gasteiger partial charge is 0.493 e. The summed E-state index contributed by atoms with van der Waals surface area (Å²) >= 11 is 0. The molecule has 0 aliphatic carbocycles. The molecule has 0 bridgehead atoms. The van der Waals surface area contributed by atoms with Crippen molar-refractivity contribution in [1.82, 2.24) is 0 Å². The second kappa shape index (κ2) is 8.19. The quantitative estimate of drug-likeness (QED) is 0.694. The van der Waals surface area contributed by atoms with Crippen LogP contribution in [0.2, 0.25) is 0 Å². The molecule has 3 heterocycles. The van der Waals surface area contributed by atoms with Gasteiger partial charge in [-0.3, -0.25) is 0 Å². The van der Waals surface area contributed by atoms with Crippen molar-refractivity contribution in [1.29, 1.82) is 0 Å². The van der Waals surface area contributed by atoms with E-state index in [0.29, 0.717) is 0 Å². The van der Waals surface area contributed by atoms with Crippen molar-refractivity contribution in [3.63, 3.8) is 0 Å². The van der Waals surface area contributed by atoms with E-state index >= 15 is 0 Å².